The second-order valence-electron chi connectivity index (χ2n) is 1.26. The molecular weight excluding hydrogens is 108 g/mol. The summed E-state index contributed by atoms with van der Waals surface area (Å²) in [4.78, 5) is 0. The van der Waals surface area contributed by atoms with Gasteiger partial charge in [-0.25, -0.2) is 0 Å². The molecule has 0 aromatic heterocycles. The summed E-state index contributed by atoms with van der Waals surface area (Å²) in [6.07, 6.45) is 0. The molecule has 2 heteroatoms. The largest absolute Gasteiger partial charge is 0.371 e. The predicted octanol–water partition coefficient (Wildman–Crippen LogP) is 1.73. The molecule has 1 unspecified atom stereocenters. The molecule has 0 bridgehead atoms. The summed E-state index contributed by atoms with van der Waals surface area (Å²) in [5.41, 5.74) is 0.366. The van der Waals surface area contributed by atoms with Crippen LogP contribution in [0.2, 0.25) is 0 Å². The summed E-state index contributed by atoms with van der Waals surface area (Å²) >= 11 is 1.81. The van der Waals surface area contributed by atoms with Crippen LogP contribution in [0, 0.1) is 0 Å². The molecule has 0 aromatic carbocycles. The highest BCUT2D eigenvalue weighted by molar-refractivity contribution is 7.99. The van der Waals surface area contributed by atoms with Crippen molar-refractivity contribution >= 4 is 11.8 Å². The van der Waals surface area contributed by atoms with E-state index < -0.39 is 0 Å². The molecule has 0 aliphatic rings. The van der Waals surface area contributed by atoms with Crippen LogP contribution in [-0.4, -0.2) is 18.3 Å². The molecule has 44 valence electrons. The van der Waals surface area contributed by atoms with E-state index in [0.717, 1.165) is 5.75 Å². The van der Waals surface area contributed by atoms with Crippen LogP contribution in [0.15, 0.2) is 0 Å². The van der Waals surface area contributed by atoms with Gasteiger partial charge in [-0.2, -0.15) is 0 Å². The van der Waals surface area contributed by atoms with Crippen molar-refractivity contribution in [2.24, 2.45) is 0 Å². The first-order valence-electron chi connectivity index (χ1n) is 2.45. The zero-order valence-electron chi connectivity index (χ0n) is 5.10. The minimum absolute atomic E-state index is 0.366. The van der Waals surface area contributed by atoms with Crippen LogP contribution in [0.25, 0.3) is 0 Å². The lowest BCUT2D eigenvalue weighted by molar-refractivity contribution is 0.188. The second-order valence-corrected chi connectivity index (χ2v) is 2.83. The van der Waals surface area contributed by atoms with Gasteiger partial charge in [0.1, 0.15) is 0 Å². The fourth-order valence-corrected chi connectivity index (χ4v) is 0.908. The predicted molar refractivity (Wildman–Crippen MR) is 34.6 cm³/mol. The van der Waals surface area contributed by atoms with Crippen LogP contribution in [0.1, 0.15) is 13.8 Å². The molecule has 0 radical (unpaired) electrons. The van der Waals surface area contributed by atoms with E-state index in [1.807, 2.05) is 18.7 Å². The maximum absolute atomic E-state index is 4.95. The lowest BCUT2D eigenvalue weighted by atomic mass is 10.9. The molecule has 0 aliphatic carbocycles. The lowest BCUT2D eigenvalue weighted by Gasteiger charge is -2.04. The maximum atomic E-state index is 4.95. The summed E-state index contributed by atoms with van der Waals surface area (Å²) in [6.45, 7) is 4.17. The van der Waals surface area contributed by atoms with E-state index in [4.69, 9.17) is 4.74 Å². The fraction of sp³-hybridized carbons (Fsp3) is 1.00. The number of rotatable bonds is 3. The molecule has 0 saturated carbocycles. The number of methoxy groups -OCH3 is 1. The number of hydrogen-bond donors (Lipinski definition) is 0. The van der Waals surface area contributed by atoms with E-state index in [2.05, 4.69) is 6.92 Å². The number of hydrogen-bond acceptors (Lipinski definition) is 2. The van der Waals surface area contributed by atoms with Crippen LogP contribution in [0.5, 0.6) is 0 Å². The van der Waals surface area contributed by atoms with Gasteiger partial charge in [-0.1, -0.05) is 6.92 Å². The van der Waals surface area contributed by atoms with Crippen molar-refractivity contribution < 1.29 is 4.74 Å². The van der Waals surface area contributed by atoms with Gasteiger partial charge in [-0.3, -0.25) is 0 Å². The summed E-state index contributed by atoms with van der Waals surface area (Å²) in [5, 5.41) is 0. The molecule has 0 rings (SSSR count). The normalized spacial score (nSPS) is 14.1. The van der Waals surface area contributed by atoms with Gasteiger partial charge in [0.2, 0.25) is 0 Å². The Labute approximate surface area is 49.4 Å². The van der Waals surface area contributed by atoms with Crippen LogP contribution < -0.4 is 0 Å². The van der Waals surface area contributed by atoms with E-state index in [0.29, 0.717) is 5.44 Å². The monoisotopic (exact) mass is 120 g/mol. The van der Waals surface area contributed by atoms with Crippen molar-refractivity contribution in [3.63, 3.8) is 0 Å². The van der Waals surface area contributed by atoms with Gasteiger partial charge < -0.3 is 4.74 Å². The van der Waals surface area contributed by atoms with Crippen molar-refractivity contribution in [3.05, 3.63) is 0 Å². The molecule has 0 saturated heterocycles. The van der Waals surface area contributed by atoms with Crippen molar-refractivity contribution in [2.45, 2.75) is 19.3 Å². The third-order valence-corrected chi connectivity index (χ3v) is 1.73. The smallest absolute Gasteiger partial charge is 0.0995 e. The molecule has 0 amide bonds. The van der Waals surface area contributed by atoms with Gasteiger partial charge in [0.15, 0.2) is 0 Å². The molecular formula is C5H12OS. The lowest BCUT2D eigenvalue weighted by Crippen LogP contribution is -1.97. The van der Waals surface area contributed by atoms with Crippen molar-refractivity contribution in [3.8, 4) is 0 Å². The molecule has 0 N–H and O–H groups in total. The van der Waals surface area contributed by atoms with E-state index in [-0.39, 0.29) is 0 Å². The number of ether oxygens (including phenoxy) is 1. The van der Waals surface area contributed by atoms with E-state index >= 15 is 0 Å². The Morgan fingerprint density at radius 2 is 2.29 bits per heavy atom. The van der Waals surface area contributed by atoms with Crippen molar-refractivity contribution in [2.75, 3.05) is 12.9 Å². The SMILES string of the molecule is CCSC(C)OC. The highest BCUT2D eigenvalue weighted by Crippen LogP contribution is 2.07. The maximum Gasteiger partial charge on any atom is 0.0995 e. The second kappa shape index (κ2) is 4.47. The third-order valence-electron chi connectivity index (χ3n) is 0.733. The first-order valence-corrected chi connectivity index (χ1v) is 3.50. The van der Waals surface area contributed by atoms with Crippen LogP contribution >= 0.6 is 11.8 Å². The average Bonchev–Trinajstić information content (AvgIpc) is 1.68. The van der Waals surface area contributed by atoms with Crippen molar-refractivity contribution in [1.29, 1.82) is 0 Å². The Bertz CT molecular complexity index is 39.1. The molecule has 0 heterocycles. The first-order chi connectivity index (χ1) is 3.31. The minimum Gasteiger partial charge on any atom is -0.371 e. The standard InChI is InChI=1S/C5H12OS/c1-4-7-5(2)6-3/h5H,4H2,1-3H3. The Morgan fingerprint density at radius 3 is 2.43 bits per heavy atom. The van der Waals surface area contributed by atoms with E-state index in [9.17, 15) is 0 Å². The Balaban J connectivity index is 2.83. The molecule has 0 aromatic rings. The van der Waals surface area contributed by atoms with Gasteiger partial charge in [-0.05, 0) is 12.7 Å². The Morgan fingerprint density at radius 1 is 1.71 bits per heavy atom. The summed E-state index contributed by atoms with van der Waals surface area (Å²) in [6, 6.07) is 0. The molecule has 1 nitrogen and oxygen atoms in total. The van der Waals surface area contributed by atoms with E-state index in [1.165, 1.54) is 0 Å². The quantitative estimate of drug-likeness (QED) is 0.524. The summed E-state index contributed by atoms with van der Waals surface area (Å²) in [7, 11) is 1.73. The topological polar surface area (TPSA) is 9.23 Å². The van der Waals surface area contributed by atoms with Crippen molar-refractivity contribution in [1.82, 2.24) is 0 Å². The minimum atomic E-state index is 0.366. The molecule has 7 heavy (non-hydrogen) atoms. The molecule has 0 aliphatic heterocycles. The zero-order chi connectivity index (χ0) is 5.70. The average molecular weight is 120 g/mol. The highest BCUT2D eigenvalue weighted by atomic mass is 32.2. The Kier molecular flexibility index (Phi) is 4.67. The van der Waals surface area contributed by atoms with Gasteiger partial charge in [0.05, 0.1) is 5.44 Å². The number of thioether (sulfide) groups is 1. The summed E-state index contributed by atoms with van der Waals surface area (Å²) in [5.74, 6) is 1.13. The molecule has 0 fully saturated rings. The van der Waals surface area contributed by atoms with Crippen LogP contribution in [0.4, 0.5) is 0 Å². The first kappa shape index (κ1) is 7.31. The van der Waals surface area contributed by atoms with Gasteiger partial charge in [-0.15, -0.1) is 11.8 Å². The van der Waals surface area contributed by atoms with Crippen LogP contribution in [-0.2, 0) is 4.74 Å². The molecule has 1 atom stereocenters. The zero-order valence-corrected chi connectivity index (χ0v) is 5.92. The van der Waals surface area contributed by atoms with Gasteiger partial charge in [0.25, 0.3) is 0 Å². The third kappa shape index (κ3) is 4.16. The van der Waals surface area contributed by atoms with E-state index in [1.54, 1.807) is 7.11 Å². The highest BCUT2D eigenvalue weighted by Gasteiger charge is 1.92. The fourth-order valence-electron chi connectivity index (χ4n) is 0.303. The Hall–Kier alpha value is 0.310. The van der Waals surface area contributed by atoms with Gasteiger partial charge >= 0.3 is 0 Å². The summed E-state index contributed by atoms with van der Waals surface area (Å²) < 4.78 is 4.95. The van der Waals surface area contributed by atoms with Gasteiger partial charge in [0, 0.05) is 7.11 Å². The molecule has 0 spiro atoms. The van der Waals surface area contributed by atoms with Crippen LogP contribution in [0.3, 0.4) is 0 Å².